The van der Waals surface area contributed by atoms with Crippen molar-refractivity contribution in [3.8, 4) is 0 Å². The minimum atomic E-state index is -1.34. The number of hydrogen-bond donors (Lipinski definition) is 4. The molecule has 0 aliphatic heterocycles. The molecule has 0 saturated heterocycles. The number of amides is 2. The molecule has 1 aromatic heterocycles. The third kappa shape index (κ3) is 2.66. The standard InChI is InChI=1S/C6H8N4O4/c11-5(12)8-4(9-6(13)14)10-2-1-7-3-10/h1-4,8-9H,(H,11,12)(H,13,14). The van der Waals surface area contributed by atoms with Crippen molar-refractivity contribution in [3.05, 3.63) is 18.7 Å². The second-order valence-electron chi connectivity index (χ2n) is 2.31. The Morgan fingerprint density at radius 2 is 1.86 bits per heavy atom. The third-order valence-corrected chi connectivity index (χ3v) is 1.34. The zero-order chi connectivity index (χ0) is 10.6. The summed E-state index contributed by atoms with van der Waals surface area (Å²) in [6.45, 7) is 0. The van der Waals surface area contributed by atoms with Gasteiger partial charge in [0.15, 0.2) is 6.29 Å². The van der Waals surface area contributed by atoms with Crippen LogP contribution in [0.1, 0.15) is 6.29 Å². The lowest BCUT2D eigenvalue weighted by molar-refractivity contribution is 0.165. The molecule has 0 aliphatic carbocycles. The van der Waals surface area contributed by atoms with Crippen LogP contribution in [-0.4, -0.2) is 32.0 Å². The first-order valence-electron chi connectivity index (χ1n) is 3.56. The molecular formula is C6H8N4O4. The highest BCUT2D eigenvalue weighted by Crippen LogP contribution is 1.96. The van der Waals surface area contributed by atoms with Crippen LogP contribution >= 0.6 is 0 Å². The highest BCUT2D eigenvalue weighted by Gasteiger charge is 2.14. The fourth-order valence-corrected chi connectivity index (χ4v) is 0.841. The summed E-state index contributed by atoms with van der Waals surface area (Å²) in [5.74, 6) is 0. The van der Waals surface area contributed by atoms with E-state index in [4.69, 9.17) is 10.2 Å². The Bertz CT molecular complexity index is 307. The average Bonchev–Trinajstić information content (AvgIpc) is 2.52. The normalized spacial score (nSPS) is 9.79. The van der Waals surface area contributed by atoms with E-state index in [0.29, 0.717) is 0 Å². The number of nitrogens with zero attached hydrogens (tertiary/aromatic N) is 2. The number of rotatable bonds is 3. The maximum Gasteiger partial charge on any atom is 0.407 e. The molecule has 4 N–H and O–H groups in total. The Morgan fingerprint density at radius 1 is 1.29 bits per heavy atom. The average molecular weight is 200 g/mol. The van der Waals surface area contributed by atoms with E-state index in [9.17, 15) is 9.59 Å². The third-order valence-electron chi connectivity index (χ3n) is 1.34. The summed E-state index contributed by atoms with van der Waals surface area (Å²) in [6, 6.07) is 0. The number of hydrogen-bond acceptors (Lipinski definition) is 3. The van der Waals surface area contributed by atoms with Gasteiger partial charge in [0.2, 0.25) is 0 Å². The molecule has 2 amide bonds. The summed E-state index contributed by atoms with van der Waals surface area (Å²) in [4.78, 5) is 24.3. The summed E-state index contributed by atoms with van der Waals surface area (Å²) in [6.07, 6.45) is 0.370. The van der Waals surface area contributed by atoms with Crippen molar-refractivity contribution >= 4 is 12.2 Å². The van der Waals surface area contributed by atoms with Gasteiger partial charge in [-0.1, -0.05) is 0 Å². The molecule has 0 fully saturated rings. The van der Waals surface area contributed by atoms with Gasteiger partial charge in [0.05, 0.1) is 6.33 Å². The Balaban J connectivity index is 2.71. The number of aromatic nitrogens is 2. The molecule has 76 valence electrons. The fourth-order valence-electron chi connectivity index (χ4n) is 0.841. The van der Waals surface area contributed by atoms with Crippen LogP contribution < -0.4 is 10.6 Å². The predicted octanol–water partition coefficient (Wildman–Crippen LogP) is -0.126. The molecule has 0 atom stereocenters. The smallest absolute Gasteiger partial charge is 0.407 e. The fraction of sp³-hybridized carbons (Fsp3) is 0.167. The Labute approximate surface area is 78.2 Å². The lowest BCUT2D eigenvalue weighted by Gasteiger charge is -2.17. The highest BCUT2D eigenvalue weighted by atomic mass is 16.4. The van der Waals surface area contributed by atoms with Crippen molar-refractivity contribution in [2.24, 2.45) is 0 Å². The van der Waals surface area contributed by atoms with Gasteiger partial charge in [0, 0.05) is 12.4 Å². The second-order valence-corrected chi connectivity index (χ2v) is 2.31. The molecule has 1 heterocycles. The van der Waals surface area contributed by atoms with E-state index < -0.39 is 18.5 Å². The molecule has 0 bridgehead atoms. The number of carboxylic acid groups (broad SMARTS) is 2. The van der Waals surface area contributed by atoms with Crippen LogP contribution in [0.5, 0.6) is 0 Å². The van der Waals surface area contributed by atoms with Gasteiger partial charge < -0.3 is 10.2 Å². The number of imidazole rings is 1. The van der Waals surface area contributed by atoms with Gasteiger partial charge in [0.1, 0.15) is 0 Å². The summed E-state index contributed by atoms with van der Waals surface area (Å²) >= 11 is 0. The quantitative estimate of drug-likeness (QED) is 0.507. The van der Waals surface area contributed by atoms with Gasteiger partial charge in [-0.2, -0.15) is 0 Å². The molecule has 0 saturated carbocycles. The van der Waals surface area contributed by atoms with Crippen molar-refractivity contribution in [2.75, 3.05) is 0 Å². The maximum absolute atomic E-state index is 10.3. The topological polar surface area (TPSA) is 116 Å². The molecule has 8 heteroatoms. The van der Waals surface area contributed by atoms with Crippen molar-refractivity contribution in [3.63, 3.8) is 0 Å². The van der Waals surface area contributed by atoms with E-state index in [1.807, 2.05) is 10.6 Å². The van der Waals surface area contributed by atoms with Crippen molar-refractivity contribution in [1.82, 2.24) is 20.2 Å². The summed E-state index contributed by atoms with van der Waals surface area (Å²) < 4.78 is 1.27. The number of nitrogens with one attached hydrogen (secondary N) is 2. The molecular weight excluding hydrogens is 192 g/mol. The van der Waals surface area contributed by atoms with Gasteiger partial charge >= 0.3 is 12.2 Å². The molecule has 0 radical (unpaired) electrons. The Kier molecular flexibility index (Phi) is 2.89. The molecule has 14 heavy (non-hydrogen) atoms. The van der Waals surface area contributed by atoms with Crippen LogP contribution in [-0.2, 0) is 0 Å². The van der Waals surface area contributed by atoms with Gasteiger partial charge in [0.25, 0.3) is 0 Å². The first kappa shape index (κ1) is 9.84. The van der Waals surface area contributed by atoms with Crippen LogP contribution in [0.25, 0.3) is 0 Å². The van der Waals surface area contributed by atoms with E-state index in [0.717, 1.165) is 0 Å². The van der Waals surface area contributed by atoms with E-state index in [1.165, 1.54) is 23.3 Å². The molecule has 1 aromatic rings. The van der Waals surface area contributed by atoms with Crippen molar-refractivity contribution in [2.45, 2.75) is 6.29 Å². The SMILES string of the molecule is O=C(O)NC(NC(=O)O)n1ccnc1. The van der Waals surface area contributed by atoms with Crippen LogP contribution in [0.3, 0.4) is 0 Å². The van der Waals surface area contributed by atoms with Gasteiger partial charge in [-0.3, -0.25) is 15.2 Å². The van der Waals surface area contributed by atoms with Crippen LogP contribution in [0.15, 0.2) is 18.7 Å². The van der Waals surface area contributed by atoms with Gasteiger partial charge in [-0.25, -0.2) is 14.6 Å². The van der Waals surface area contributed by atoms with Crippen LogP contribution in [0, 0.1) is 0 Å². The summed E-state index contributed by atoms with van der Waals surface area (Å²) in [7, 11) is 0. The predicted molar refractivity (Wildman–Crippen MR) is 43.6 cm³/mol. The molecule has 1 rings (SSSR count). The van der Waals surface area contributed by atoms with Crippen molar-refractivity contribution in [1.29, 1.82) is 0 Å². The van der Waals surface area contributed by atoms with E-state index >= 15 is 0 Å². The summed E-state index contributed by atoms with van der Waals surface area (Å²) in [5.41, 5.74) is 0. The van der Waals surface area contributed by atoms with E-state index in [1.54, 1.807) is 0 Å². The molecule has 0 aromatic carbocycles. The minimum absolute atomic E-state index is 1.08. The van der Waals surface area contributed by atoms with Gasteiger partial charge in [-0.05, 0) is 0 Å². The Hall–Kier alpha value is -2.25. The molecule has 8 nitrogen and oxygen atoms in total. The monoisotopic (exact) mass is 200 g/mol. The Morgan fingerprint density at radius 3 is 2.21 bits per heavy atom. The molecule has 0 aliphatic rings. The van der Waals surface area contributed by atoms with Crippen molar-refractivity contribution < 1.29 is 19.8 Å². The second kappa shape index (κ2) is 4.12. The minimum Gasteiger partial charge on any atom is -0.465 e. The van der Waals surface area contributed by atoms with Gasteiger partial charge in [-0.15, -0.1) is 0 Å². The zero-order valence-corrected chi connectivity index (χ0v) is 6.91. The largest absolute Gasteiger partial charge is 0.465 e. The maximum atomic E-state index is 10.3. The first-order valence-corrected chi connectivity index (χ1v) is 3.56. The van der Waals surface area contributed by atoms with E-state index in [2.05, 4.69) is 4.98 Å². The molecule has 0 spiro atoms. The number of carbonyl (C=O) groups is 2. The zero-order valence-electron chi connectivity index (χ0n) is 6.91. The van der Waals surface area contributed by atoms with Crippen LogP contribution in [0.2, 0.25) is 0 Å². The lowest BCUT2D eigenvalue weighted by atomic mass is 10.7. The first-order chi connectivity index (χ1) is 6.59. The lowest BCUT2D eigenvalue weighted by Crippen LogP contribution is -2.43. The highest BCUT2D eigenvalue weighted by molar-refractivity contribution is 5.67. The van der Waals surface area contributed by atoms with E-state index in [-0.39, 0.29) is 0 Å². The molecule has 0 unspecified atom stereocenters. The van der Waals surface area contributed by atoms with Crippen LogP contribution in [0.4, 0.5) is 9.59 Å². The summed E-state index contributed by atoms with van der Waals surface area (Å²) in [5, 5.41) is 20.8.